The molecule has 0 nitrogen and oxygen atoms in total. The van der Waals surface area contributed by atoms with Gasteiger partial charge >= 0.3 is 0 Å². The highest BCUT2D eigenvalue weighted by Gasteiger charge is 2.36. The lowest BCUT2D eigenvalue weighted by Crippen LogP contribution is -1.61. The van der Waals surface area contributed by atoms with E-state index in [2.05, 4.69) is 24.3 Å². The molecule has 5 heavy (non-hydrogen) atoms. The van der Waals surface area contributed by atoms with Crippen LogP contribution in [0.1, 0.15) is 0 Å². The molecule has 0 fully saturated rings. The highest BCUT2D eigenvalue weighted by atomic mass is 14.4. The molecule has 0 heterocycles. The van der Waals surface area contributed by atoms with E-state index in [-0.39, 0.29) is 0 Å². The van der Waals surface area contributed by atoms with Crippen molar-refractivity contribution in [2.24, 2.45) is 5.41 Å². The quantitative estimate of drug-likeness (QED) is 0.370. The molecule has 0 aromatic carbocycles. The maximum Gasteiger partial charge on any atom is 0.0425 e. The normalized spacial score (nSPS) is 32.0. The summed E-state index contributed by atoms with van der Waals surface area (Å²) in [7, 11) is 0. The summed E-state index contributed by atoms with van der Waals surface area (Å²) in [6.07, 6.45) is 8.75. The Labute approximate surface area is 30.8 Å². The molecular formula is C5H4. The largest absolute Gasteiger partial charge is 0.0695 e. The van der Waals surface area contributed by atoms with Crippen LogP contribution in [0, 0.1) is 5.41 Å². The average molecular weight is 64.1 g/mol. The van der Waals surface area contributed by atoms with Gasteiger partial charge in [0.2, 0.25) is 0 Å². The molecule has 0 unspecified atom stereocenters. The van der Waals surface area contributed by atoms with Crippen LogP contribution in [-0.2, 0) is 0 Å². The van der Waals surface area contributed by atoms with E-state index in [1.165, 1.54) is 0 Å². The van der Waals surface area contributed by atoms with E-state index < -0.39 is 0 Å². The molecule has 0 saturated carbocycles. The van der Waals surface area contributed by atoms with Crippen LogP contribution in [-0.4, -0.2) is 0 Å². The van der Waals surface area contributed by atoms with Gasteiger partial charge in [0, 0.05) is 5.41 Å². The van der Waals surface area contributed by atoms with Crippen molar-refractivity contribution in [1.29, 1.82) is 0 Å². The monoisotopic (exact) mass is 64.0 g/mol. The highest BCUT2D eigenvalue weighted by Crippen LogP contribution is 2.48. The molecule has 2 aliphatic rings. The number of hydrogen-bond donors (Lipinski definition) is 0. The van der Waals surface area contributed by atoms with Crippen LogP contribution in [0.4, 0.5) is 0 Å². The summed E-state index contributed by atoms with van der Waals surface area (Å²) in [5.74, 6) is 0. The Morgan fingerprint density at radius 3 is 1.20 bits per heavy atom. The first kappa shape index (κ1) is 1.81. The minimum atomic E-state index is 0.500. The Balaban J connectivity index is 2.43. The average Bonchev–Trinajstić information content (AvgIpc) is 2.17. The van der Waals surface area contributed by atoms with Crippen LogP contribution in [0.15, 0.2) is 24.3 Å². The molecular weight excluding hydrogens is 60.1 g/mol. The SMILES string of the molecule is C1=CC12C=C2. The van der Waals surface area contributed by atoms with E-state index in [9.17, 15) is 0 Å². The maximum atomic E-state index is 2.19. The second-order valence-corrected chi connectivity index (χ2v) is 1.67. The zero-order chi connectivity index (χ0) is 3.33. The summed E-state index contributed by atoms with van der Waals surface area (Å²) in [5.41, 5.74) is 0.500. The van der Waals surface area contributed by atoms with Crippen LogP contribution in [0.3, 0.4) is 0 Å². The summed E-state index contributed by atoms with van der Waals surface area (Å²) >= 11 is 0. The smallest absolute Gasteiger partial charge is 0.0425 e. The molecule has 24 valence electrons. The summed E-state index contributed by atoms with van der Waals surface area (Å²) in [6, 6.07) is 0. The van der Waals surface area contributed by atoms with Crippen molar-refractivity contribution in [2.75, 3.05) is 0 Å². The Kier molecular flexibility index (Phi) is 0.0861. The molecule has 2 aliphatic carbocycles. The summed E-state index contributed by atoms with van der Waals surface area (Å²) in [5, 5.41) is 0. The van der Waals surface area contributed by atoms with E-state index in [0.717, 1.165) is 0 Å². The van der Waals surface area contributed by atoms with Crippen LogP contribution in [0.2, 0.25) is 0 Å². The van der Waals surface area contributed by atoms with Crippen LogP contribution < -0.4 is 0 Å². The second kappa shape index (κ2) is 0.238. The van der Waals surface area contributed by atoms with E-state index in [0.29, 0.717) is 5.41 Å². The van der Waals surface area contributed by atoms with Gasteiger partial charge in [-0.05, 0) is 0 Å². The Bertz CT molecular complexity index is 86.5. The first-order valence-electron chi connectivity index (χ1n) is 1.82. The van der Waals surface area contributed by atoms with Gasteiger partial charge in [-0.15, -0.1) is 0 Å². The van der Waals surface area contributed by atoms with Crippen molar-refractivity contribution in [3.63, 3.8) is 0 Å². The topological polar surface area (TPSA) is 0 Å². The molecule has 0 aliphatic heterocycles. The molecule has 0 saturated heterocycles. The molecule has 0 aromatic rings. The molecule has 0 N–H and O–H groups in total. The first-order valence-corrected chi connectivity index (χ1v) is 1.82. The molecule has 0 radical (unpaired) electrons. The lowest BCUT2D eigenvalue weighted by atomic mass is 10.3. The van der Waals surface area contributed by atoms with E-state index >= 15 is 0 Å². The standard InChI is InChI=1S/C5H4/c1-2-5(1)3-4-5/h1-4H. The van der Waals surface area contributed by atoms with Crippen molar-refractivity contribution < 1.29 is 0 Å². The minimum Gasteiger partial charge on any atom is -0.0695 e. The van der Waals surface area contributed by atoms with Crippen molar-refractivity contribution in [1.82, 2.24) is 0 Å². The van der Waals surface area contributed by atoms with Gasteiger partial charge in [0.25, 0.3) is 0 Å². The predicted molar refractivity (Wildman–Crippen MR) is 20.7 cm³/mol. The zero-order valence-electron chi connectivity index (χ0n) is 2.81. The zero-order valence-corrected chi connectivity index (χ0v) is 2.81. The van der Waals surface area contributed by atoms with Gasteiger partial charge in [0.15, 0.2) is 0 Å². The van der Waals surface area contributed by atoms with Crippen LogP contribution in [0.25, 0.3) is 0 Å². The molecule has 0 amide bonds. The molecule has 0 aromatic heterocycles. The second-order valence-electron chi connectivity index (χ2n) is 1.67. The minimum absolute atomic E-state index is 0.500. The summed E-state index contributed by atoms with van der Waals surface area (Å²) in [6.45, 7) is 0. The van der Waals surface area contributed by atoms with Gasteiger partial charge in [-0.2, -0.15) is 0 Å². The Morgan fingerprint density at radius 1 is 0.800 bits per heavy atom. The van der Waals surface area contributed by atoms with Gasteiger partial charge in [-0.3, -0.25) is 0 Å². The van der Waals surface area contributed by atoms with E-state index in [1.807, 2.05) is 0 Å². The fourth-order valence-electron chi connectivity index (χ4n) is 0.415. The highest BCUT2D eigenvalue weighted by molar-refractivity contribution is 5.52. The number of rotatable bonds is 0. The van der Waals surface area contributed by atoms with Crippen molar-refractivity contribution in [3.05, 3.63) is 24.3 Å². The van der Waals surface area contributed by atoms with Crippen LogP contribution in [0.5, 0.6) is 0 Å². The summed E-state index contributed by atoms with van der Waals surface area (Å²) < 4.78 is 0. The summed E-state index contributed by atoms with van der Waals surface area (Å²) in [4.78, 5) is 0. The number of hydrogen-bond acceptors (Lipinski definition) is 0. The van der Waals surface area contributed by atoms with Crippen molar-refractivity contribution in [3.8, 4) is 0 Å². The third-order valence-corrected chi connectivity index (χ3v) is 1.10. The van der Waals surface area contributed by atoms with Gasteiger partial charge in [0.1, 0.15) is 0 Å². The van der Waals surface area contributed by atoms with Gasteiger partial charge < -0.3 is 0 Å². The Morgan fingerprint density at radius 2 is 1.20 bits per heavy atom. The fourth-order valence-corrected chi connectivity index (χ4v) is 0.415. The number of allylic oxidation sites excluding steroid dienone is 4. The maximum absolute atomic E-state index is 2.19. The van der Waals surface area contributed by atoms with Crippen molar-refractivity contribution in [2.45, 2.75) is 0 Å². The molecule has 0 heteroatoms. The molecule has 0 bridgehead atoms. The van der Waals surface area contributed by atoms with E-state index in [1.54, 1.807) is 0 Å². The van der Waals surface area contributed by atoms with Gasteiger partial charge in [-0.1, -0.05) is 24.3 Å². The van der Waals surface area contributed by atoms with Crippen LogP contribution >= 0.6 is 0 Å². The first-order chi connectivity index (χ1) is 2.41. The lowest BCUT2D eigenvalue weighted by molar-refractivity contribution is 1.14. The molecule has 2 rings (SSSR count). The molecule has 1 spiro atoms. The predicted octanol–water partition coefficient (Wildman–Crippen LogP) is 1.11. The van der Waals surface area contributed by atoms with Gasteiger partial charge in [-0.25, -0.2) is 0 Å². The lowest BCUT2D eigenvalue weighted by Gasteiger charge is -1.68. The Hall–Kier alpha value is -0.520. The third kappa shape index (κ3) is 0.0848. The van der Waals surface area contributed by atoms with Gasteiger partial charge in [0.05, 0.1) is 0 Å². The fraction of sp³-hybridized carbons (Fsp3) is 0.200. The molecule has 0 atom stereocenters. The van der Waals surface area contributed by atoms with Crippen molar-refractivity contribution >= 4 is 0 Å². The van der Waals surface area contributed by atoms with E-state index in [4.69, 9.17) is 0 Å². The third-order valence-electron chi connectivity index (χ3n) is 1.10.